The summed E-state index contributed by atoms with van der Waals surface area (Å²) in [7, 11) is 0. The molecular formula is C13H18O2. The fourth-order valence-electron chi connectivity index (χ4n) is 1.28. The number of para-hydroxylation sites is 1. The number of hydrogen-bond acceptors (Lipinski definition) is 2. The summed E-state index contributed by atoms with van der Waals surface area (Å²) in [5, 5.41) is 9.54. The van der Waals surface area contributed by atoms with Crippen LogP contribution in [-0.2, 0) is 0 Å². The van der Waals surface area contributed by atoms with Crippen molar-refractivity contribution in [1.82, 2.24) is 0 Å². The van der Waals surface area contributed by atoms with Crippen molar-refractivity contribution in [3.8, 4) is 5.75 Å². The van der Waals surface area contributed by atoms with Crippen LogP contribution in [0, 0.1) is 0 Å². The van der Waals surface area contributed by atoms with Crippen molar-refractivity contribution in [2.45, 2.75) is 26.4 Å². The highest BCUT2D eigenvalue weighted by atomic mass is 16.5. The Bertz CT molecular complexity index is 300. The zero-order valence-corrected chi connectivity index (χ0v) is 9.31. The van der Waals surface area contributed by atoms with Crippen molar-refractivity contribution in [3.63, 3.8) is 0 Å². The predicted octanol–water partition coefficient (Wildman–Crippen LogP) is 2.78. The van der Waals surface area contributed by atoms with Gasteiger partial charge >= 0.3 is 0 Å². The van der Waals surface area contributed by atoms with Crippen LogP contribution in [0.15, 0.2) is 42.0 Å². The predicted molar refractivity (Wildman–Crippen MR) is 62.0 cm³/mol. The maximum absolute atomic E-state index is 9.54. The average molecular weight is 206 g/mol. The molecule has 0 saturated carbocycles. The Morgan fingerprint density at radius 2 is 2.00 bits per heavy atom. The lowest BCUT2D eigenvalue weighted by Gasteiger charge is -2.08. The van der Waals surface area contributed by atoms with Gasteiger partial charge in [-0.2, -0.15) is 0 Å². The fourth-order valence-corrected chi connectivity index (χ4v) is 1.28. The number of rotatable bonds is 5. The van der Waals surface area contributed by atoms with Gasteiger partial charge in [0.05, 0.1) is 12.7 Å². The van der Waals surface area contributed by atoms with Crippen LogP contribution in [0.4, 0.5) is 0 Å². The molecule has 0 radical (unpaired) electrons. The standard InChI is InChI=1S/C13H18O2/c1-11(2)10-12(14)8-9-15-13-6-4-3-5-7-13/h3-7,10,12,14H,8-9H2,1-2H3. The minimum Gasteiger partial charge on any atom is -0.493 e. The molecule has 1 rings (SSSR count). The molecule has 1 N–H and O–H groups in total. The molecule has 0 aliphatic rings. The molecule has 0 fully saturated rings. The lowest BCUT2D eigenvalue weighted by atomic mass is 10.2. The minimum atomic E-state index is -0.404. The lowest BCUT2D eigenvalue weighted by molar-refractivity contribution is 0.177. The Hall–Kier alpha value is -1.28. The molecule has 0 heterocycles. The molecule has 0 aliphatic heterocycles. The van der Waals surface area contributed by atoms with E-state index >= 15 is 0 Å². The first-order chi connectivity index (χ1) is 7.18. The third-order valence-electron chi connectivity index (χ3n) is 1.95. The van der Waals surface area contributed by atoms with Gasteiger partial charge in [-0.1, -0.05) is 29.8 Å². The van der Waals surface area contributed by atoms with Crippen LogP contribution in [0.1, 0.15) is 20.3 Å². The van der Waals surface area contributed by atoms with E-state index in [-0.39, 0.29) is 0 Å². The topological polar surface area (TPSA) is 29.5 Å². The first kappa shape index (κ1) is 11.8. The molecular weight excluding hydrogens is 188 g/mol. The van der Waals surface area contributed by atoms with Crippen molar-refractivity contribution in [2.24, 2.45) is 0 Å². The molecule has 1 aromatic carbocycles. The van der Waals surface area contributed by atoms with E-state index in [2.05, 4.69) is 0 Å². The number of allylic oxidation sites excluding steroid dienone is 1. The van der Waals surface area contributed by atoms with Crippen LogP contribution >= 0.6 is 0 Å². The van der Waals surface area contributed by atoms with Gasteiger partial charge in [-0.05, 0) is 26.0 Å². The van der Waals surface area contributed by atoms with Gasteiger partial charge in [-0.3, -0.25) is 0 Å². The van der Waals surface area contributed by atoms with Gasteiger partial charge in [-0.15, -0.1) is 0 Å². The van der Waals surface area contributed by atoms with Crippen LogP contribution in [0.25, 0.3) is 0 Å². The van der Waals surface area contributed by atoms with Gasteiger partial charge < -0.3 is 9.84 Å². The molecule has 0 amide bonds. The Morgan fingerprint density at radius 1 is 1.33 bits per heavy atom. The first-order valence-electron chi connectivity index (χ1n) is 5.19. The van der Waals surface area contributed by atoms with E-state index in [1.807, 2.05) is 50.3 Å². The highest BCUT2D eigenvalue weighted by molar-refractivity contribution is 5.20. The summed E-state index contributed by atoms with van der Waals surface area (Å²) in [6, 6.07) is 9.63. The van der Waals surface area contributed by atoms with E-state index in [4.69, 9.17) is 4.74 Å². The van der Waals surface area contributed by atoms with Crippen LogP contribution in [-0.4, -0.2) is 17.8 Å². The second-order valence-corrected chi connectivity index (χ2v) is 3.76. The normalized spacial score (nSPS) is 11.9. The number of aliphatic hydroxyl groups is 1. The van der Waals surface area contributed by atoms with E-state index in [9.17, 15) is 5.11 Å². The van der Waals surface area contributed by atoms with E-state index in [0.717, 1.165) is 11.3 Å². The second kappa shape index (κ2) is 6.25. The van der Waals surface area contributed by atoms with Crippen molar-refractivity contribution < 1.29 is 9.84 Å². The summed E-state index contributed by atoms with van der Waals surface area (Å²) in [6.07, 6.45) is 2.06. The van der Waals surface area contributed by atoms with E-state index in [0.29, 0.717) is 13.0 Å². The maximum Gasteiger partial charge on any atom is 0.119 e. The highest BCUT2D eigenvalue weighted by Gasteiger charge is 2.00. The first-order valence-corrected chi connectivity index (χ1v) is 5.19. The summed E-state index contributed by atoms with van der Waals surface area (Å²) in [6.45, 7) is 4.48. The molecule has 1 atom stereocenters. The number of benzene rings is 1. The Kier molecular flexibility index (Phi) is 4.91. The van der Waals surface area contributed by atoms with Crippen LogP contribution in [0.3, 0.4) is 0 Å². The van der Waals surface area contributed by atoms with Crippen molar-refractivity contribution in [2.75, 3.05) is 6.61 Å². The lowest BCUT2D eigenvalue weighted by Crippen LogP contribution is -2.09. The van der Waals surface area contributed by atoms with Crippen LogP contribution < -0.4 is 4.74 Å². The third kappa shape index (κ3) is 5.23. The number of hydrogen-bond donors (Lipinski definition) is 1. The Balaban J connectivity index is 2.25. The van der Waals surface area contributed by atoms with E-state index < -0.39 is 6.10 Å². The van der Waals surface area contributed by atoms with Gasteiger partial charge in [0, 0.05) is 6.42 Å². The summed E-state index contributed by atoms with van der Waals surface area (Å²) in [4.78, 5) is 0. The Morgan fingerprint density at radius 3 is 2.60 bits per heavy atom. The van der Waals surface area contributed by atoms with E-state index in [1.165, 1.54) is 0 Å². The summed E-state index contributed by atoms with van der Waals surface area (Å²) in [5.41, 5.74) is 1.13. The van der Waals surface area contributed by atoms with Crippen LogP contribution in [0.5, 0.6) is 5.75 Å². The number of ether oxygens (including phenoxy) is 1. The quantitative estimate of drug-likeness (QED) is 0.751. The van der Waals surface area contributed by atoms with Crippen LogP contribution in [0.2, 0.25) is 0 Å². The maximum atomic E-state index is 9.54. The minimum absolute atomic E-state index is 0.404. The molecule has 0 aromatic heterocycles. The summed E-state index contributed by atoms with van der Waals surface area (Å²) >= 11 is 0. The van der Waals surface area contributed by atoms with E-state index in [1.54, 1.807) is 0 Å². The van der Waals surface area contributed by atoms with Gasteiger partial charge in [0.1, 0.15) is 5.75 Å². The molecule has 0 saturated heterocycles. The molecule has 2 nitrogen and oxygen atoms in total. The zero-order valence-electron chi connectivity index (χ0n) is 9.31. The summed E-state index contributed by atoms with van der Waals surface area (Å²) in [5.74, 6) is 0.849. The zero-order chi connectivity index (χ0) is 11.1. The molecule has 0 spiro atoms. The van der Waals surface area contributed by atoms with Gasteiger partial charge in [0.15, 0.2) is 0 Å². The average Bonchev–Trinajstić information content (AvgIpc) is 2.18. The monoisotopic (exact) mass is 206 g/mol. The van der Waals surface area contributed by atoms with Crippen molar-refractivity contribution >= 4 is 0 Å². The largest absolute Gasteiger partial charge is 0.493 e. The highest BCUT2D eigenvalue weighted by Crippen LogP contribution is 2.09. The SMILES string of the molecule is CC(C)=CC(O)CCOc1ccccc1. The second-order valence-electron chi connectivity index (χ2n) is 3.76. The molecule has 0 bridgehead atoms. The molecule has 15 heavy (non-hydrogen) atoms. The van der Waals surface area contributed by atoms with Gasteiger partial charge in [0.25, 0.3) is 0 Å². The summed E-state index contributed by atoms with van der Waals surface area (Å²) < 4.78 is 5.47. The van der Waals surface area contributed by atoms with Gasteiger partial charge in [-0.25, -0.2) is 0 Å². The molecule has 1 unspecified atom stereocenters. The molecule has 2 heteroatoms. The molecule has 0 aliphatic carbocycles. The van der Waals surface area contributed by atoms with Crippen molar-refractivity contribution in [1.29, 1.82) is 0 Å². The molecule has 1 aromatic rings. The molecule has 82 valence electrons. The fraction of sp³-hybridized carbons (Fsp3) is 0.385. The Labute approximate surface area is 91.2 Å². The number of aliphatic hydroxyl groups excluding tert-OH is 1. The smallest absolute Gasteiger partial charge is 0.119 e. The van der Waals surface area contributed by atoms with Crippen molar-refractivity contribution in [3.05, 3.63) is 42.0 Å². The van der Waals surface area contributed by atoms with Gasteiger partial charge in [0.2, 0.25) is 0 Å². The third-order valence-corrected chi connectivity index (χ3v) is 1.95.